The minimum absolute atomic E-state index is 0.107. The van der Waals surface area contributed by atoms with E-state index >= 15 is 0 Å². The maximum absolute atomic E-state index is 12.5. The fraction of sp³-hybridized carbons (Fsp3) is 0.400. The van der Waals surface area contributed by atoms with Crippen molar-refractivity contribution in [3.63, 3.8) is 0 Å². The van der Waals surface area contributed by atoms with Crippen LogP contribution >= 0.6 is 11.6 Å². The molecule has 0 saturated carbocycles. The van der Waals surface area contributed by atoms with Gasteiger partial charge in [-0.3, -0.25) is 4.79 Å². The van der Waals surface area contributed by atoms with Crippen LogP contribution < -0.4 is 0 Å². The highest BCUT2D eigenvalue weighted by Crippen LogP contribution is 2.28. The first-order chi connectivity index (χ1) is 7.99. The summed E-state index contributed by atoms with van der Waals surface area (Å²) in [6.07, 6.45) is -3.18. The second-order valence-electron chi connectivity index (χ2n) is 3.19. The predicted octanol–water partition coefficient (Wildman–Crippen LogP) is 2.18. The van der Waals surface area contributed by atoms with Crippen LogP contribution in [0.25, 0.3) is 0 Å². The van der Waals surface area contributed by atoms with Crippen LogP contribution in [0.1, 0.15) is 23.4 Å². The lowest BCUT2D eigenvalue weighted by atomic mass is 10.1. The number of ether oxygens (including phenoxy) is 1. The Morgan fingerprint density at radius 1 is 1.65 bits per heavy atom. The lowest BCUT2D eigenvalue weighted by molar-refractivity contribution is -0.139. The molecule has 7 heteroatoms. The van der Waals surface area contributed by atoms with Gasteiger partial charge in [0.05, 0.1) is 25.1 Å². The predicted molar refractivity (Wildman–Crippen MR) is 56.1 cm³/mol. The second kappa shape index (κ2) is 5.77. The summed E-state index contributed by atoms with van der Waals surface area (Å²) < 4.78 is 29.4. The van der Waals surface area contributed by atoms with E-state index in [1.807, 2.05) is 0 Å². The number of methoxy groups -OCH3 is 1. The highest BCUT2D eigenvalue weighted by molar-refractivity contribution is 6.17. The quantitative estimate of drug-likeness (QED) is 0.670. The molecule has 1 N–H and O–H groups in total. The molecular weight excluding hydrogens is 256 g/mol. The van der Waals surface area contributed by atoms with E-state index in [9.17, 15) is 18.7 Å². The number of carbonyl (C=O) groups excluding carboxylic acids is 1. The molecule has 0 unspecified atom stereocenters. The van der Waals surface area contributed by atoms with Crippen LogP contribution in [-0.2, 0) is 21.8 Å². The van der Waals surface area contributed by atoms with Gasteiger partial charge in [0.15, 0.2) is 0 Å². The van der Waals surface area contributed by atoms with Crippen molar-refractivity contribution < 1.29 is 23.4 Å². The van der Waals surface area contributed by atoms with E-state index in [-0.39, 0.29) is 29.3 Å². The highest BCUT2D eigenvalue weighted by atomic mass is 35.5. The highest BCUT2D eigenvalue weighted by Gasteiger charge is 2.18. The van der Waals surface area contributed by atoms with Gasteiger partial charge in [0.2, 0.25) is 0 Å². The summed E-state index contributed by atoms with van der Waals surface area (Å²) in [6, 6.07) is 1.01. The normalized spacial score (nSPS) is 10.6. The lowest BCUT2D eigenvalue weighted by Crippen LogP contribution is -2.08. The summed E-state index contributed by atoms with van der Waals surface area (Å²) in [4.78, 5) is 14.5. The molecule has 0 amide bonds. The third-order valence-electron chi connectivity index (χ3n) is 2.07. The van der Waals surface area contributed by atoms with Gasteiger partial charge in [0, 0.05) is 5.56 Å². The van der Waals surface area contributed by atoms with Gasteiger partial charge in [-0.15, -0.1) is 11.6 Å². The number of aromatic nitrogens is 1. The van der Waals surface area contributed by atoms with Crippen LogP contribution in [0.5, 0.6) is 5.75 Å². The van der Waals surface area contributed by atoms with Crippen LogP contribution in [0.15, 0.2) is 6.07 Å². The fourth-order valence-corrected chi connectivity index (χ4v) is 1.42. The third kappa shape index (κ3) is 3.26. The lowest BCUT2D eigenvalue weighted by Gasteiger charge is -2.09. The third-order valence-corrected chi connectivity index (χ3v) is 2.36. The SMILES string of the molecule is COC(=O)Cc1nc(C(F)F)cc(CCl)c1O. The molecule has 1 aromatic rings. The number of nitrogens with zero attached hydrogens (tertiary/aromatic N) is 1. The Labute approximate surface area is 101 Å². The number of alkyl halides is 3. The Bertz CT molecular complexity index is 426. The summed E-state index contributed by atoms with van der Waals surface area (Å²) >= 11 is 5.50. The maximum atomic E-state index is 12.5. The second-order valence-corrected chi connectivity index (χ2v) is 3.46. The topological polar surface area (TPSA) is 59.4 Å². The van der Waals surface area contributed by atoms with Crippen molar-refractivity contribution in [2.45, 2.75) is 18.7 Å². The molecule has 0 bridgehead atoms. The minimum Gasteiger partial charge on any atom is -0.506 e. The van der Waals surface area contributed by atoms with Crippen molar-refractivity contribution >= 4 is 17.6 Å². The Hall–Kier alpha value is -1.43. The van der Waals surface area contributed by atoms with Crippen molar-refractivity contribution in [3.8, 4) is 5.75 Å². The van der Waals surface area contributed by atoms with Crippen molar-refractivity contribution in [2.24, 2.45) is 0 Å². The van der Waals surface area contributed by atoms with E-state index in [2.05, 4.69) is 9.72 Å². The smallest absolute Gasteiger partial charge is 0.311 e. The molecule has 0 fully saturated rings. The van der Waals surface area contributed by atoms with Gasteiger partial charge in [-0.1, -0.05) is 0 Å². The molecule has 0 atom stereocenters. The van der Waals surface area contributed by atoms with Gasteiger partial charge in [-0.2, -0.15) is 0 Å². The zero-order valence-corrected chi connectivity index (χ0v) is 9.67. The van der Waals surface area contributed by atoms with Crippen molar-refractivity contribution in [1.82, 2.24) is 4.98 Å². The molecule has 0 aliphatic heterocycles. The molecule has 94 valence electrons. The van der Waals surface area contributed by atoms with E-state index in [1.54, 1.807) is 0 Å². The average Bonchev–Trinajstić information content (AvgIpc) is 2.31. The van der Waals surface area contributed by atoms with E-state index in [1.165, 1.54) is 0 Å². The molecule has 4 nitrogen and oxygen atoms in total. The number of halogens is 3. The molecule has 17 heavy (non-hydrogen) atoms. The summed E-state index contributed by atoms with van der Waals surface area (Å²) in [5.41, 5.74) is -0.585. The van der Waals surface area contributed by atoms with E-state index in [0.29, 0.717) is 0 Å². The Balaban J connectivity index is 3.17. The van der Waals surface area contributed by atoms with Gasteiger partial charge >= 0.3 is 5.97 Å². The summed E-state index contributed by atoms with van der Waals surface area (Å²) in [6.45, 7) is 0. The molecule has 1 aromatic heterocycles. The molecular formula is C10H10ClF2NO3. The number of rotatable bonds is 4. The van der Waals surface area contributed by atoms with E-state index in [4.69, 9.17) is 11.6 Å². The van der Waals surface area contributed by atoms with E-state index in [0.717, 1.165) is 13.2 Å². The largest absolute Gasteiger partial charge is 0.506 e. The van der Waals surface area contributed by atoms with Crippen LogP contribution in [-0.4, -0.2) is 23.2 Å². The first kappa shape index (κ1) is 13.6. The molecule has 1 rings (SSSR count). The van der Waals surface area contributed by atoms with Crippen LogP contribution in [0, 0.1) is 0 Å². The summed E-state index contributed by atoms with van der Waals surface area (Å²) in [5.74, 6) is -1.18. The number of hydrogen-bond donors (Lipinski definition) is 1. The van der Waals surface area contributed by atoms with Crippen molar-refractivity contribution in [2.75, 3.05) is 7.11 Å². The number of hydrogen-bond acceptors (Lipinski definition) is 4. The number of esters is 1. The van der Waals surface area contributed by atoms with Crippen LogP contribution in [0.3, 0.4) is 0 Å². The first-order valence-corrected chi connectivity index (χ1v) is 5.15. The molecule has 0 radical (unpaired) electrons. The van der Waals surface area contributed by atoms with Gasteiger partial charge in [0.25, 0.3) is 6.43 Å². The van der Waals surface area contributed by atoms with Gasteiger partial charge in [0.1, 0.15) is 11.4 Å². The fourth-order valence-electron chi connectivity index (χ4n) is 1.22. The zero-order chi connectivity index (χ0) is 13.0. The first-order valence-electron chi connectivity index (χ1n) is 4.62. The number of aromatic hydroxyl groups is 1. The Morgan fingerprint density at radius 2 is 2.29 bits per heavy atom. The van der Waals surface area contributed by atoms with Crippen molar-refractivity contribution in [3.05, 3.63) is 23.0 Å². The molecule has 1 heterocycles. The van der Waals surface area contributed by atoms with E-state index < -0.39 is 18.1 Å². The van der Waals surface area contributed by atoms with Gasteiger partial charge in [-0.05, 0) is 6.07 Å². The standard InChI is InChI=1S/C10H10ClF2NO3/c1-17-8(15)3-6-9(16)5(4-11)2-7(14-6)10(12)13/h2,10,16H,3-4H2,1H3. The molecule has 0 aromatic carbocycles. The molecule has 0 aliphatic carbocycles. The van der Waals surface area contributed by atoms with Gasteiger partial charge in [-0.25, -0.2) is 13.8 Å². The van der Waals surface area contributed by atoms with Crippen LogP contribution in [0.2, 0.25) is 0 Å². The minimum atomic E-state index is -2.80. The molecule has 0 aliphatic rings. The van der Waals surface area contributed by atoms with Crippen LogP contribution in [0.4, 0.5) is 8.78 Å². The Morgan fingerprint density at radius 3 is 2.76 bits per heavy atom. The Kier molecular flexibility index (Phi) is 4.62. The zero-order valence-electron chi connectivity index (χ0n) is 8.91. The molecule has 0 spiro atoms. The maximum Gasteiger partial charge on any atom is 0.311 e. The number of pyridine rings is 1. The molecule has 0 saturated heterocycles. The van der Waals surface area contributed by atoms with Gasteiger partial charge < -0.3 is 9.84 Å². The average molecular weight is 266 g/mol. The van der Waals surface area contributed by atoms with Crippen molar-refractivity contribution in [1.29, 1.82) is 0 Å². The summed E-state index contributed by atoms with van der Waals surface area (Å²) in [7, 11) is 1.15. The monoisotopic (exact) mass is 265 g/mol. The summed E-state index contributed by atoms with van der Waals surface area (Å²) in [5, 5.41) is 9.64. The number of carbonyl (C=O) groups is 1.